The molecule has 0 amide bonds. The van der Waals surface area contributed by atoms with Crippen molar-refractivity contribution in [1.82, 2.24) is 0 Å². The molecule has 0 unspecified atom stereocenters. The largest absolute Gasteiger partial charge is 6.00 e. The molecule has 0 atom stereocenters. The molecule has 0 aromatic carbocycles. The first kappa shape index (κ1) is 45.2. The summed E-state index contributed by atoms with van der Waals surface area (Å²) in [5.41, 5.74) is 0. The van der Waals surface area contributed by atoms with E-state index in [1.54, 1.807) is 0 Å². The molecule has 0 bridgehead atoms. The number of rotatable bonds is 4. The molecule has 8 heteroatoms. The van der Waals surface area contributed by atoms with E-state index in [1.165, 1.54) is 0 Å². The SMILES string of the molecule is CCCCCC(=O)[O-].[Cl-].[Cl-].[Cl-].[Cl-].[Cl-].[Cr+6]. The first-order valence-electron chi connectivity index (χ1n) is 2.97. The number of aliphatic carboxylic acids is 1. The van der Waals surface area contributed by atoms with Gasteiger partial charge in [0.25, 0.3) is 0 Å². The first-order chi connectivity index (χ1) is 3.77. The zero-order chi connectivity index (χ0) is 6.41. The summed E-state index contributed by atoms with van der Waals surface area (Å²) in [6.45, 7) is 2.04. The van der Waals surface area contributed by atoms with Crippen LogP contribution in [0.4, 0.5) is 0 Å². The molecule has 0 aliphatic carbocycles. The van der Waals surface area contributed by atoms with E-state index in [1.807, 2.05) is 6.92 Å². The number of carboxylic acid groups (broad SMARTS) is 1. The van der Waals surface area contributed by atoms with Crippen LogP contribution in [-0.2, 0) is 22.2 Å². The van der Waals surface area contributed by atoms with Crippen LogP contribution < -0.4 is 67.1 Å². The molecule has 0 fully saturated rings. The Morgan fingerprint density at radius 3 is 1.57 bits per heavy atom. The maximum atomic E-state index is 9.76. The van der Waals surface area contributed by atoms with Gasteiger partial charge in [-0.3, -0.25) is 0 Å². The number of halogens is 5. The number of carbonyl (C=O) groups excluding carboxylic acids is 1. The Labute approximate surface area is 127 Å². The number of hydrogen-bond donors (Lipinski definition) is 0. The van der Waals surface area contributed by atoms with Crippen LogP contribution in [0.3, 0.4) is 0 Å². The van der Waals surface area contributed by atoms with Gasteiger partial charge in [-0.05, 0) is 12.8 Å². The minimum Gasteiger partial charge on any atom is -1.00 e. The van der Waals surface area contributed by atoms with E-state index < -0.39 is 5.97 Å². The Balaban J connectivity index is -0.0000000163. The van der Waals surface area contributed by atoms with Gasteiger partial charge in [-0.15, -0.1) is 0 Å². The van der Waals surface area contributed by atoms with Crippen LogP contribution in [0, 0.1) is 0 Å². The van der Waals surface area contributed by atoms with Crippen molar-refractivity contribution in [2.45, 2.75) is 32.6 Å². The monoisotopic (exact) mass is 342 g/mol. The molecule has 14 heavy (non-hydrogen) atoms. The number of hydrogen-bond acceptors (Lipinski definition) is 2. The molecule has 0 saturated carbocycles. The Bertz CT molecular complexity index is 86.6. The van der Waals surface area contributed by atoms with Crippen LogP contribution in [0.1, 0.15) is 32.6 Å². The quantitative estimate of drug-likeness (QED) is 0.475. The molecule has 2 nitrogen and oxygen atoms in total. The van der Waals surface area contributed by atoms with Crippen molar-refractivity contribution in [3.05, 3.63) is 0 Å². The molecule has 0 rings (SSSR count). The second-order valence-corrected chi connectivity index (χ2v) is 1.83. The summed E-state index contributed by atoms with van der Waals surface area (Å²) in [6, 6.07) is 0. The van der Waals surface area contributed by atoms with Crippen molar-refractivity contribution >= 4 is 5.97 Å². The molecule has 0 saturated heterocycles. The normalized spacial score (nSPS) is 5.21. The van der Waals surface area contributed by atoms with Crippen molar-refractivity contribution in [3.8, 4) is 0 Å². The molecule has 0 aromatic rings. The van der Waals surface area contributed by atoms with Gasteiger partial charge in [0.2, 0.25) is 0 Å². The van der Waals surface area contributed by atoms with Gasteiger partial charge in [-0.2, -0.15) is 0 Å². The number of carboxylic acids is 1. The third-order valence-electron chi connectivity index (χ3n) is 0.984. The molecule has 0 spiro atoms. The van der Waals surface area contributed by atoms with Crippen molar-refractivity contribution in [2.24, 2.45) is 0 Å². The van der Waals surface area contributed by atoms with Gasteiger partial charge < -0.3 is 71.9 Å². The molecule has 0 heterocycles. The summed E-state index contributed by atoms with van der Waals surface area (Å²) >= 11 is 0. The molecule has 0 aromatic heterocycles. The van der Waals surface area contributed by atoms with Gasteiger partial charge in [0.05, 0.1) is 0 Å². The van der Waals surface area contributed by atoms with Crippen LogP contribution >= 0.6 is 0 Å². The average molecular weight is 344 g/mol. The molecule has 0 radical (unpaired) electrons. The molecule has 0 N–H and O–H groups in total. The van der Waals surface area contributed by atoms with E-state index in [2.05, 4.69) is 0 Å². The molecule has 0 aliphatic rings. The number of unbranched alkanes of at least 4 members (excludes halogenated alkanes) is 2. The molecular weight excluding hydrogens is 333 g/mol. The summed E-state index contributed by atoms with van der Waals surface area (Å²) in [5, 5.41) is 9.76. The van der Waals surface area contributed by atoms with E-state index in [0.717, 1.165) is 19.3 Å². The summed E-state index contributed by atoms with van der Waals surface area (Å²) < 4.78 is 0. The van der Waals surface area contributed by atoms with E-state index >= 15 is 0 Å². The smallest absolute Gasteiger partial charge is 1.00 e. The Morgan fingerprint density at radius 1 is 1.00 bits per heavy atom. The standard InChI is InChI=1S/C6H12O2.5ClH.Cr/c1-2-3-4-5-6(7)8;;;;;;/h2-5H2,1H3,(H,7,8);5*1H;/q;;;;;;+6/p-6. The van der Waals surface area contributed by atoms with Crippen LogP contribution in [-0.4, -0.2) is 5.97 Å². The van der Waals surface area contributed by atoms with Crippen LogP contribution in [0.25, 0.3) is 0 Å². The minimum absolute atomic E-state index is 0. The Hall–Kier alpha value is 1.45. The molecule has 88 valence electrons. The predicted molar refractivity (Wildman–Crippen MR) is 29.1 cm³/mol. The van der Waals surface area contributed by atoms with Crippen molar-refractivity contribution < 1.29 is 89.3 Å². The average Bonchev–Trinajstić information content (AvgIpc) is 1.66. The Morgan fingerprint density at radius 2 is 1.36 bits per heavy atom. The second-order valence-electron chi connectivity index (χ2n) is 1.83. The van der Waals surface area contributed by atoms with Gasteiger partial charge in [-0.1, -0.05) is 19.8 Å². The van der Waals surface area contributed by atoms with Gasteiger partial charge in [-0.25, -0.2) is 0 Å². The summed E-state index contributed by atoms with van der Waals surface area (Å²) in [5.74, 6) is -0.932. The summed E-state index contributed by atoms with van der Waals surface area (Å²) in [4.78, 5) is 9.76. The second kappa shape index (κ2) is 36.6. The van der Waals surface area contributed by atoms with E-state index in [4.69, 9.17) is 0 Å². The topological polar surface area (TPSA) is 40.1 Å². The van der Waals surface area contributed by atoms with Crippen molar-refractivity contribution in [1.29, 1.82) is 0 Å². The fraction of sp³-hybridized carbons (Fsp3) is 0.833. The van der Waals surface area contributed by atoms with E-state index in [-0.39, 0.29) is 85.8 Å². The Kier molecular flexibility index (Phi) is 118. The number of carbonyl (C=O) groups is 1. The van der Waals surface area contributed by atoms with Crippen molar-refractivity contribution in [3.63, 3.8) is 0 Å². The molecule has 0 aliphatic heterocycles. The van der Waals surface area contributed by atoms with E-state index in [9.17, 15) is 9.90 Å². The van der Waals surface area contributed by atoms with Crippen LogP contribution in [0.15, 0.2) is 0 Å². The van der Waals surface area contributed by atoms with Crippen LogP contribution in [0.5, 0.6) is 0 Å². The van der Waals surface area contributed by atoms with E-state index in [0.29, 0.717) is 0 Å². The third kappa shape index (κ3) is 50.1. The van der Waals surface area contributed by atoms with Gasteiger partial charge >= 0.3 is 17.4 Å². The van der Waals surface area contributed by atoms with Gasteiger partial charge in [0.1, 0.15) is 0 Å². The third-order valence-corrected chi connectivity index (χ3v) is 0.984. The predicted octanol–water partition coefficient (Wildman–Crippen LogP) is -14.7. The van der Waals surface area contributed by atoms with Crippen LogP contribution in [0.2, 0.25) is 0 Å². The molecular formula is C6H11Cl5CrO2. The van der Waals surface area contributed by atoms with Crippen molar-refractivity contribution in [2.75, 3.05) is 0 Å². The minimum atomic E-state index is -0.932. The zero-order valence-electron chi connectivity index (χ0n) is 7.44. The maximum absolute atomic E-state index is 9.76. The maximum Gasteiger partial charge on any atom is 6.00 e. The summed E-state index contributed by atoms with van der Waals surface area (Å²) in [7, 11) is 0. The fourth-order valence-corrected chi connectivity index (χ4v) is 0.519. The first-order valence-corrected chi connectivity index (χ1v) is 2.97. The van der Waals surface area contributed by atoms with Gasteiger partial charge in [0.15, 0.2) is 0 Å². The van der Waals surface area contributed by atoms with Gasteiger partial charge in [0, 0.05) is 5.97 Å². The zero-order valence-corrected chi connectivity index (χ0v) is 12.5. The summed E-state index contributed by atoms with van der Waals surface area (Å²) in [6.07, 6.45) is 3.04. The fourth-order valence-electron chi connectivity index (χ4n) is 0.519.